The summed E-state index contributed by atoms with van der Waals surface area (Å²) in [7, 11) is 0. The molecule has 0 aromatic heterocycles. The van der Waals surface area contributed by atoms with Crippen molar-refractivity contribution in [3.63, 3.8) is 0 Å². The largest absolute Gasteiger partial charge is 0.380 e. The molecule has 3 aliphatic rings. The minimum absolute atomic E-state index is 0.710. The van der Waals surface area contributed by atoms with Crippen LogP contribution in [0.4, 0.5) is 0 Å². The molecule has 0 spiro atoms. The van der Waals surface area contributed by atoms with Crippen LogP contribution in [0.25, 0.3) is 0 Å². The minimum Gasteiger partial charge on any atom is -0.380 e. The Kier molecular flexibility index (Phi) is 3.69. The molecule has 1 N–H and O–H groups in total. The summed E-state index contributed by atoms with van der Waals surface area (Å²) in [5, 5.41) is 3.76. The van der Waals surface area contributed by atoms with Gasteiger partial charge in [-0.3, -0.25) is 4.90 Å². The number of hydrogen-bond donors (Lipinski definition) is 1. The maximum atomic E-state index is 5.59. The van der Waals surface area contributed by atoms with Crippen molar-refractivity contribution in [2.45, 2.75) is 57.2 Å². The number of hydrogen-bond acceptors (Lipinski definition) is 3. The molecule has 98 valence electrons. The van der Waals surface area contributed by atoms with E-state index in [9.17, 15) is 0 Å². The van der Waals surface area contributed by atoms with Crippen LogP contribution in [0.5, 0.6) is 0 Å². The first-order chi connectivity index (χ1) is 8.38. The van der Waals surface area contributed by atoms with Gasteiger partial charge < -0.3 is 10.1 Å². The second-order valence-electron chi connectivity index (χ2n) is 6.01. The molecule has 3 rings (SSSR count). The summed E-state index contributed by atoms with van der Waals surface area (Å²) in [5.41, 5.74) is 0. The minimum atomic E-state index is 0.710. The number of nitrogens with zero attached hydrogens (tertiary/aromatic N) is 1. The molecule has 2 saturated heterocycles. The Hall–Kier alpha value is -0.120. The average Bonchev–Trinajstić information content (AvgIpc) is 3.05. The topological polar surface area (TPSA) is 24.5 Å². The van der Waals surface area contributed by atoms with Gasteiger partial charge in [-0.15, -0.1) is 0 Å². The highest BCUT2D eigenvalue weighted by Crippen LogP contribution is 2.38. The van der Waals surface area contributed by atoms with Gasteiger partial charge in [0, 0.05) is 37.8 Å². The highest BCUT2D eigenvalue weighted by atomic mass is 16.5. The molecule has 0 aromatic rings. The van der Waals surface area contributed by atoms with Crippen molar-refractivity contribution < 1.29 is 4.74 Å². The fourth-order valence-electron chi connectivity index (χ4n) is 3.52. The van der Waals surface area contributed by atoms with Crippen LogP contribution in [-0.4, -0.2) is 49.3 Å². The van der Waals surface area contributed by atoms with Crippen molar-refractivity contribution in [2.24, 2.45) is 5.92 Å². The quantitative estimate of drug-likeness (QED) is 0.805. The Bertz CT molecular complexity index is 249. The Labute approximate surface area is 105 Å². The lowest BCUT2D eigenvalue weighted by atomic mass is 9.99. The van der Waals surface area contributed by atoms with Gasteiger partial charge in [0.2, 0.25) is 0 Å². The van der Waals surface area contributed by atoms with E-state index in [1.165, 1.54) is 45.2 Å². The zero-order chi connectivity index (χ0) is 11.7. The third kappa shape index (κ3) is 2.67. The molecule has 1 aliphatic carbocycles. The second kappa shape index (κ2) is 5.25. The molecule has 3 atom stereocenters. The van der Waals surface area contributed by atoms with Gasteiger partial charge in [0.15, 0.2) is 0 Å². The van der Waals surface area contributed by atoms with Crippen molar-refractivity contribution in [3.05, 3.63) is 0 Å². The molecule has 0 bridgehead atoms. The molecular weight excluding hydrogens is 212 g/mol. The van der Waals surface area contributed by atoms with Gasteiger partial charge in [-0.05, 0) is 31.6 Å². The molecule has 2 aliphatic heterocycles. The van der Waals surface area contributed by atoms with Gasteiger partial charge in [0.25, 0.3) is 0 Å². The molecule has 1 saturated carbocycles. The molecule has 0 amide bonds. The Balaban J connectivity index is 1.64. The van der Waals surface area contributed by atoms with E-state index in [2.05, 4.69) is 17.1 Å². The molecule has 3 unspecified atom stereocenters. The molecule has 0 aromatic carbocycles. The predicted molar refractivity (Wildman–Crippen MR) is 69.1 cm³/mol. The van der Waals surface area contributed by atoms with Gasteiger partial charge in [-0.25, -0.2) is 0 Å². The summed E-state index contributed by atoms with van der Waals surface area (Å²) in [5.74, 6) is 0.977. The number of nitrogens with one attached hydrogen (secondary N) is 1. The molecule has 17 heavy (non-hydrogen) atoms. The first-order valence-corrected chi connectivity index (χ1v) is 7.45. The zero-order valence-corrected chi connectivity index (χ0v) is 11.0. The summed E-state index contributed by atoms with van der Waals surface area (Å²) in [4.78, 5) is 2.79. The van der Waals surface area contributed by atoms with E-state index in [4.69, 9.17) is 4.74 Å². The van der Waals surface area contributed by atoms with Crippen molar-refractivity contribution >= 4 is 0 Å². The standard InChI is InChI=1S/C14H26N2O/c1-2-3-12-9-16(13-6-7-17-10-13)14(8-15-12)11-4-5-11/h11-15H,2-10H2,1H3. The van der Waals surface area contributed by atoms with Crippen LogP contribution < -0.4 is 5.32 Å². The van der Waals surface area contributed by atoms with Gasteiger partial charge in [-0.1, -0.05) is 13.3 Å². The summed E-state index contributed by atoms with van der Waals surface area (Å²) in [6.07, 6.45) is 6.77. The lowest BCUT2D eigenvalue weighted by Gasteiger charge is -2.43. The maximum absolute atomic E-state index is 5.59. The fourth-order valence-corrected chi connectivity index (χ4v) is 3.52. The van der Waals surface area contributed by atoms with Crippen LogP contribution in [0.3, 0.4) is 0 Å². The fraction of sp³-hybridized carbons (Fsp3) is 1.00. The zero-order valence-electron chi connectivity index (χ0n) is 11.0. The van der Waals surface area contributed by atoms with Crippen LogP contribution in [0, 0.1) is 5.92 Å². The van der Waals surface area contributed by atoms with Gasteiger partial charge in [0.05, 0.1) is 6.61 Å². The second-order valence-corrected chi connectivity index (χ2v) is 6.01. The summed E-state index contributed by atoms with van der Waals surface area (Å²) < 4.78 is 5.59. The van der Waals surface area contributed by atoms with Crippen molar-refractivity contribution in [2.75, 3.05) is 26.3 Å². The van der Waals surface area contributed by atoms with Crippen LogP contribution in [0.2, 0.25) is 0 Å². The highest BCUT2D eigenvalue weighted by Gasteiger charge is 2.41. The third-order valence-corrected chi connectivity index (χ3v) is 4.65. The first-order valence-electron chi connectivity index (χ1n) is 7.45. The lowest BCUT2D eigenvalue weighted by molar-refractivity contribution is 0.0576. The number of ether oxygens (including phenoxy) is 1. The van der Waals surface area contributed by atoms with Gasteiger partial charge >= 0.3 is 0 Å². The van der Waals surface area contributed by atoms with E-state index in [-0.39, 0.29) is 0 Å². The molecular formula is C14H26N2O. The third-order valence-electron chi connectivity index (χ3n) is 4.65. The molecule has 3 heteroatoms. The maximum Gasteiger partial charge on any atom is 0.0622 e. The summed E-state index contributed by atoms with van der Waals surface area (Å²) in [6, 6.07) is 2.23. The van der Waals surface area contributed by atoms with E-state index in [0.717, 1.165) is 31.2 Å². The summed E-state index contributed by atoms with van der Waals surface area (Å²) in [6.45, 7) is 6.71. The lowest BCUT2D eigenvalue weighted by Crippen LogP contribution is -2.60. The van der Waals surface area contributed by atoms with Crippen molar-refractivity contribution in [1.82, 2.24) is 10.2 Å². The Morgan fingerprint density at radius 1 is 1.29 bits per heavy atom. The Morgan fingerprint density at radius 2 is 2.18 bits per heavy atom. The van der Waals surface area contributed by atoms with Crippen molar-refractivity contribution in [1.29, 1.82) is 0 Å². The van der Waals surface area contributed by atoms with E-state index in [1.54, 1.807) is 0 Å². The van der Waals surface area contributed by atoms with E-state index in [0.29, 0.717) is 6.04 Å². The smallest absolute Gasteiger partial charge is 0.0622 e. The monoisotopic (exact) mass is 238 g/mol. The average molecular weight is 238 g/mol. The van der Waals surface area contributed by atoms with E-state index >= 15 is 0 Å². The molecule has 0 radical (unpaired) electrons. The van der Waals surface area contributed by atoms with E-state index < -0.39 is 0 Å². The summed E-state index contributed by atoms with van der Waals surface area (Å²) >= 11 is 0. The Morgan fingerprint density at radius 3 is 2.82 bits per heavy atom. The van der Waals surface area contributed by atoms with Gasteiger partial charge in [-0.2, -0.15) is 0 Å². The number of rotatable bonds is 4. The molecule has 3 fully saturated rings. The first kappa shape index (κ1) is 11.9. The molecule has 2 heterocycles. The van der Waals surface area contributed by atoms with E-state index in [1.807, 2.05) is 0 Å². The van der Waals surface area contributed by atoms with Crippen molar-refractivity contribution in [3.8, 4) is 0 Å². The van der Waals surface area contributed by atoms with Gasteiger partial charge in [0.1, 0.15) is 0 Å². The SMILES string of the molecule is CCCC1CN(C2CCOC2)C(C2CC2)CN1. The highest BCUT2D eigenvalue weighted by molar-refractivity contribution is 4.97. The van der Waals surface area contributed by atoms with Crippen LogP contribution in [0.1, 0.15) is 39.0 Å². The number of piperazine rings is 1. The van der Waals surface area contributed by atoms with Crippen LogP contribution in [0.15, 0.2) is 0 Å². The normalized spacial score (nSPS) is 39.7. The predicted octanol–water partition coefficient (Wildman–Crippen LogP) is 1.63. The van der Waals surface area contributed by atoms with Crippen LogP contribution >= 0.6 is 0 Å². The van der Waals surface area contributed by atoms with Crippen LogP contribution in [-0.2, 0) is 4.74 Å². The molecule has 3 nitrogen and oxygen atoms in total.